The molecule has 0 bridgehead atoms. The Morgan fingerprint density at radius 2 is 2.24 bits per heavy atom. The van der Waals surface area contributed by atoms with E-state index in [9.17, 15) is 4.79 Å². The fraction of sp³-hybridized carbons (Fsp3) is 0.400. The molecule has 1 N–H and O–H groups in total. The Balaban J connectivity index is 2.48. The van der Waals surface area contributed by atoms with Crippen molar-refractivity contribution in [3.8, 4) is 6.19 Å². The molecule has 1 aromatic rings. The molecule has 1 aliphatic rings. The van der Waals surface area contributed by atoms with Crippen LogP contribution in [0, 0.1) is 11.5 Å². The van der Waals surface area contributed by atoms with E-state index in [0.29, 0.717) is 11.6 Å². The molecular formula is C15H18N4OS. The minimum absolute atomic E-state index is 0.125. The monoisotopic (exact) mass is 302 g/mol. The minimum atomic E-state index is -0.216. The highest BCUT2D eigenvalue weighted by molar-refractivity contribution is 8.13. The van der Waals surface area contributed by atoms with Crippen molar-refractivity contribution < 1.29 is 4.79 Å². The lowest BCUT2D eigenvalue weighted by Crippen LogP contribution is -2.39. The first-order chi connectivity index (χ1) is 9.89. The van der Waals surface area contributed by atoms with Crippen LogP contribution in [0.25, 0.3) is 0 Å². The maximum Gasteiger partial charge on any atom is 0.227 e. The molecule has 1 amide bonds. The molecule has 1 heterocycles. The summed E-state index contributed by atoms with van der Waals surface area (Å²) < 4.78 is 0. The Bertz CT molecular complexity index is 646. The van der Waals surface area contributed by atoms with E-state index in [0.717, 1.165) is 16.9 Å². The number of carbonyl (C=O) groups is 1. The quantitative estimate of drug-likeness (QED) is 0.375. The fourth-order valence-electron chi connectivity index (χ4n) is 2.44. The van der Waals surface area contributed by atoms with Gasteiger partial charge in [0, 0.05) is 24.6 Å². The summed E-state index contributed by atoms with van der Waals surface area (Å²) in [6.45, 7) is 4.13. The predicted octanol–water partition coefficient (Wildman–Crippen LogP) is 2.75. The van der Waals surface area contributed by atoms with Gasteiger partial charge in [0.15, 0.2) is 11.4 Å². The summed E-state index contributed by atoms with van der Waals surface area (Å²) in [6.07, 6.45) is 4.22. The summed E-state index contributed by atoms with van der Waals surface area (Å²) in [7, 11) is 1.80. The smallest absolute Gasteiger partial charge is 0.227 e. The summed E-state index contributed by atoms with van der Waals surface area (Å²) in [5, 5.41) is 11.8. The third kappa shape index (κ3) is 3.03. The van der Waals surface area contributed by atoms with Gasteiger partial charge in [-0.05, 0) is 30.0 Å². The number of hydrogen-bond acceptors (Lipinski definition) is 4. The summed E-state index contributed by atoms with van der Waals surface area (Å²) in [4.78, 5) is 18.1. The second-order valence-electron chi connectivity index (χ2n) is 5.57. The molecule has 1 aliphatic heterocycles. The molecule has 2 rings (SSSR count). The average molecular weight is 302 g/mol. The molecule has 0 aromatic heterocycles. The number of anilines is 1. The van der Waals surface area contributed by atoms with Crippen LogP contribution in [-0.4, -0.2) is 24.4 Å². The first kappa shape index (κ1) is 15.4. The van der Waals surface area contributed by atoms with E-state index in [-0.39, 0.29) is 11.3 Å². The van der Waals surface area contributed by atoms with Crippen molar-refractivity contribution in [2.45, 2.75) is 25.7 Å². The number of aliphatic imine (C=N–C) groups is 1. The second-order valence-corrected chi connectivity index (χ2v) is 6.37. The molecule has 0 fully saturated rings. The Morgan fingerprint density at radius 1 is 1.52 bits per heavy atom. The van der Waals surface area contributed by atoms with Gasteiger partial charge >= 0.3 is 0 Å². The van der Waals surface area contributed by atoms with Crippen molar-refractivity contribution in [2.75, 3.05) is 18.2 Å². The number of fused-ring (bicyclic) bond motifs is 1. The van der Waals surface area contributed by atoms with E-state index in [4.69, 9.17) is 5.26 Å². The lowest BCUT2D eigenvalue weighted by atomic mass is 9.77. The number of thioether (sulfide) groups is 1. The van der Waals surface area contributed by atoms with Crippen LogP contribution in [0.5, 0.6) is 0 Å². The molecule has 0 spiro atoms. The number of amides is 1. The van der Waals surface area contributed by atoms with Crippen molar-refractivity contribution in [3.63, 3.8) is 0 Å². The molecule has 1 aromatic carbocycles. The van der Waals surface area contributed by atoms with Crippen LogP contribution in [0.2, 0.25) is 0 Å². The van der Waals surface area contributed by atoms with Crippen LogP contribution in [0.1, 0.15) is 25.8 Å². The van der Waals surface area contributed by atoms with Gasteiger partial charge in [0.25, 0.3) is 0 Å². The predicted molar refractivity (Wildman–Crippen MR) is 86.9 cm³/mol. The molecule has 0 saturated carbocycles. The molecule has 0 radical (unpaired) electrons. The van der Waals surface area contributed by atoms with Crippen molar-refractivity contribution >= 4 is 34.2 Å². The molecule has 0 aliphatic carbocycles. The van der Waals surface area contributed by atoms with E-state index in [1.54, 1.807) is 11.9 Å². The summed E-state index contributed by atoms with van der Waals surface area (Å²) in [5.74, 6) is 0.125. The van der Waals surface area contributed by atoms with Crippen LogP contribution >= 0.6 is 11.8 Å². The lowest BCUT2D eigenvalue weighted by molar-refractivity contribution is -0.119. The van der Waals surface area contributed by atoms with E-state index < -0.39 is 0 Å². The maximum atomic E-state index is 12.0. The number of carbonyl (C=O) groups excluding carboxylic acids is 1. The van der Waals surface area contributed by atoms with Gasteiger partial charge in [0.2, 0.25) is 5.91 Å². The zero-order valence-corrected chi connectivity index (χ0v) is 13.4. The van der Waals surface area contributed by atoms with E-state index in [1.165, 1.54) is 11.8 Å². The lowest BCUT2D eigenvalue weighted by Gasteiger charge is -2.37. The van der Waals surface area contributed by atoms with Crippen molar-refractivity contribution in [3.05, 3.63) is 23.8 Å². The number of nitrogens with one attached hydrogen (secondary N) is 1. The largest absolute Gasteiger partial charge is 0.315 e. The third-order valence-electron chi connectivity index (χ3n) is 3.62. The van der Waals surface area contributed by atoms with Gasteiger partial charge in [-0.25, -0.2) is 4.99 Å². The van der Waals surface area contributed by atoms with Gasteiger partial charge in [-0.2, -0.15) is 5.26 Å². The maximum absolute atomic E-state index is 12.0. The summed E-state index contributed by atoms with van der Waals surface area (Å²) >= 11 is 1.38. The Kier molecular flexibility index (Phi) is 4.24. The standard InChI is InChI=1S/C15H18N4OS/c1-15(2)8-13(20)19(3)12-6-5-10(7-11(12)15)18-14(21-4)17-9-16/h5-7H,8H2,1-4H3,(H,17,18). The summed E-state index contributed by atoms with van der Waals surface area (Å²) in [5.41, 5.74) is 2.58. The van der Waals surface area contributed by atoms with Crippen molar-refractivity contribution in [1.82, 2.24) is 5.32 Å². The Labute approximate surface area is 129 Å². The molecule has 5 nitrogen and oxygen atoms in total. The highest BCUT2D eigenvalue weighted by Crippen LogP contribution is 2.41. The molecule has 6 heteroatoms. The van der Waals surface area contributed by atoms with Crippen LogP contribution in [0.3, 0.4) is 0 Å². The number of benzene rings is 1. The van der Waals surface area contributed by atoms with Crippen LogP contribution in [0.4, 0.5) is 11.4 Å². The SMILES string of the molecule is CSC(=Nc1ccc2c(c1)C(C)(C)CC(=O)N2C)NC#N. The van der Waals surface area contributed by atoms with E-state index >= 15 is 0 Å². The number of nitrogens with zero attached hydrogens (tertiary/aromatic N) is 3. The second kappa shape index (κ2) is 5.78. The molecule has 0 saturated heterocycles. The normalized spacial score (nSPS) is 17.2. The van der Waals surface area contributed by atoms with Crippen molar-refractivity contribution in [1.29, 1.82) is 5.26 Å². The minimum Gasteiger partial charge on any atom is -0.315 e. The first-order valence-corrected chi connectivity index (χ1v) is 7.80. The zero-order chi connectivity index (χ0) is 15.6. The van der Waals surface area contributed by atoms with Crippen molar-refractivity contribution in [2.24, 2.45) is 4.99 Å². The molecule has 0 atom stereocenters. The van der Waals surface area contributed by atoms with Gasteiger partial charge in [-0.3, -0.25) is 10.1 Å². The van der Waals surface area contributed by atoms with Gasteiger partial charge in [0.1, 0.15) is 0 Å². The number of amidine groups is 1. The highest BCUT2D eigenvalue weighted by Gasteiger charge is 2.35. The topological polar surface area (TPSA) is 68.5 Å². The van der Waals surface area contributed by atoms with Crippen LogP contribution < -0.4 is 10.2 Å². The molecular weight excluding hydrogens is 284 g/mol. The Morgan fingerprint density at radius 3 is 2.86 bits per heavy atom. The van der Waals surface area contributed by atoms with Gasteiger partial charge in [-0.15, -0.1) is 0 Å². The van der Waals surface area contributed by atoms with E-state index in [2.05, 4.69) is 24.2 Å². The summed E-state index contributed by atoms with van der Waals surface area (Å²) in [6, 6.07) is 5.77. The molecule has 21 heavy (non-hydrogen) atoms. The van der Waals surface area contributed by atoms with E-state index in [1.807, 2.05) is 30.6 Å². The van der Waals surface area contributed by atoms with Gasteiger partial charge in [0.05, 0.1) is 5.69 Å². The third-order valence-corrected chi connectivity index (χ3v) is 4.20. The highest BCUT2D eigenvalue weighted by atomic mass is 32.2. The molecule has 0 unspecified atom stereocenters. The van der Waals surface area contributed by atoms with Gasteiger partial charge in [-0.1, -0.05) is 25.6 Å². The number of nitriles is 1. The Hall–Kier alpha value is -2.00. The van der Waals surface area contributed by atoms with Crippen LogP contribution in [0.15, 0.2) is 23.2 Å². The molecule has 110 valence electrons. The fourth-order valence-corrected chi connectivity index (χ4v) is 2.79. The number of rotatable bonds is 1. The number of hydrogen-bond donors (Lipinski definition) is 1. The first-order valence-electron chi connectivity index (χ1n) is 6.58. The average Bonchev–Trinajstić information content (AvgIpc) is 2.44. The van der Waals surface area contributed by atoms with Crippen LogP contribution in [-0.2, 0) is 10.2 Å². The van der Waals surface area contributed by atoms with Gasteiger partial charge < -0.3 is 4.90 Å². The zero-order valence-electron chi connectivity index (χ0n) is 12.6.